The molecule has 0 heterocycles. The van der Waals surface area contributed by atoms with Gasteiger partial charge in [-0.05, 0) is 20.4 Å². The quantitative estimate of drug-likeness (QED) is 0.567. The zero-order valence-electron chi connectivity index (χ0n) is 8.13. The molecule has 0 aliphatic carbocycles. The lowest BCUT2D eigenvalue weighted by Gasteiger charge is -2.29. The summed E-state index contributed by atoms with van der Waals surface area (Å²) in [6.45, 7) is 4.29. The number of hydrogen-bond donors (Lipinski definition) is 0. The lowest BCUT2D eigenvalue weighted by molar-refractivity contribution is -0.198. The molecule has 1 atom stereocenters. The first-order valence-electron chi connectivity index (χ1n) is 3.94. The Morgan fingerprint density at radius 3 is 2.00 bits per heavy atom. The summed E-state index contributed by atoms with van der Waals surface area (Å²) in [7, 11) is 5.28. The Labute approximate surface area is 69.3 Å². The smallest absolute Gasteiger partial charge is 0.218 e. The van der Waals surface area contributed by atoms with Crippen molar-refractivity contribution in [3.8, 4) is 0 Å². The molecule has 0 unspecified atom stereocenters. The second kappa shape index (κ2) is 5.52. The van der Waals surface area contributed by atoms with Gasteiger partial charge in [-0.25, -0.2) is 0 Å². The Morgan fingerprint density at radius 2 is 1.73 bits per heavy atom. The predicted molar refractivity (Wildman–Crippen MR) is 45.3 cm³/mol. The molecule has 0 saturated heterocycles. The van der Waals surface area contributed by atoms with Gasteiger partial charge in [-0.1, -0.05) is 6.92 Å². The molecular formula is C8H19NO2. The normalized spacial score (nSPS) is 14.5. The fraction of sp³-hybridized carbons (Fsp3) is 1.00. The molecule has 0 aromatic carbocycles. The first-order valence-corrected chi connectivity index (χ1v) is 3.94. The van der Waals surface area contributed by atoms with Crippen molar-refractivity contribution in [3.05, 3.63) is 0 Å². The van der Waals surface area contributed by atoms with E-state index in [1.165, 1.54) is 0 Å². The summed E-state index contributed by atoms with van der Waals surface area (Å²) in [5, 5.41) is 0. The van der Waals surface area contributed by atoms with Crippen LogP contribution in [0.1, 0.15) is 20.3 Å². The molecule has 0 aliphatic heterocycles. The monoisotopic (exact) mass is 161 g/mol. The van der Waals surface area contributed by atoms with Crippen molar-refractivity contribution in [3.63, 3.8) is 0 Å². The van der Waals surface area contributed by atoms with Crippen molar-refractivity contribution in [1.82, 2.24) is 4.90 Å². The summed E-state index contributed by atoms with van der Waals surface area (Å²) < 4.78 is 10.2. The lowest BCUT2D eigenvalue weighted by Crippen LogP contribution is -2.40. The third kappa shape index (κ3) is 3.18. The first-order chi connectivity index (χ1) is 5.17. The van der Waals surface area contributed by atoms with Crippen LogP contribution in [0.5, 0.6) is 0 Å². The highest BCUT2D eigenvalue weighted by Gasteiger charge is 2.16. The SMILES string of the molecule is CC[C@@H](C)N(C)C(OC)OC. The van der Waals surface area contributed by atoms with Gasteiger partial charge in [0.15, 0.2) is 0 Å². The number of rotatable bonds is 5. The van der Waals surface area contributed by atoms with E-state index >= 15 is 0 Å². The van der Waals surface area contributed by atoms with Crippen LogP contribution >= 0.6 is 0 Å². The fourth-order valence-electron chi connectivity index (χ4n) is 0.925. The van der Waals surface area contributed by atoms with Gasteiger partial charge in [-0.15, -0.1) is 0 Å². The molecule has 0 N–H and O–H groups in total. The van der Waals surface area contributed by atoms with E-state index in [9.17, 15) is 0 Å². The molecule has 0 aromatic rings. The van der Waals surface area contributed by atoms with Crippen LogP contribution in [0.4, 0.5) is 0 Å². The maximum absolute atomic E-state index is 5.09. The Morgan fingerprint density at radius 1 is 1.27 bits per heavy atom. The molecule has 0 aliphatic rings. The highest BCUT2D eigenvalue weighted by atomic mass is 16.7. The third-order valence-corrected chi connectivity index (χ3v) is 2.02. The number of hydrogen-bond acceptors (Lipinski definition) is 3. The van der Waals surface area contributed by atoms with Gasteiger partial charge >= 0.3 is 0 Å². The second-order valence-electron chi connectivity index (χ2n) is 2.70. The van der Waals surface area contributed by atoms with Gasteiger partial charge in [0.25, 0.3) is 0 Å². The van der Waals surface area contributed by atoms with E-state index in [1.807, 2.05) is 7.05 Å². The topological polar surface area (TPSA) is 21.7 Å². The summed E-state index contributed by atoms with van der Waals surface area (Å²) >= 11 is 0. The first kappa shape index (κ1) is 10.9. The minimum Gasteiger partial charge on any atom is -0.343 e. The summed E-state index contributed by atoms with van der Waals surface area (Å²) in [5.41, 5.74) is 0. The summed E-state index contributed by atoms with van der Waals surface area (Å²) in [6.07, 6.45) is 0.879. The van der Waals surface area contributed by atoms with Crippen molar-refractivity contribution in [2.75, 3.05) is 21.3 Å². The van der Waals surface area contributed by atoms with Gasteiger partial charge in [0, 0.05) is 20.3 Å². The molecule has 3 heteroatoms. The maximum atomic E-state index is 5.09. The Bertz CT molecular complexity index is 94.1. The number of nitrogens with zero attached hydrogens (tertiary/aromatic N) is 1. The molecular weight excluding hydrogens is 142 g/mol. The highest BCUT2D eigenvalue weighted by molar-refractivity contribution is 4.59. The zero-order chi connectivity index (χ0) is 8.85. The zero-order valence-corrected chi connectivity index (χ0v) is 8.13. The van der Waals surface area contributed by atoms with E-state index in [-0.39, 0.29) is 6.41 Å². The minimum absolute atomic E-state index is 0.218. The van der Waals surface area contributed by atoms with E-state index in [0.717, 1.165) is 6.42 Å². The summed E-state index contributed by atoms with van der Waals surface area (Å²) in [4.78, 5) is 2.06. The van der Waals surface area contributed by atoms with Gasteiger partial charge < -0.3 is 9.47 Å². The van der Waals surface area contributed by atoms with Crippen LogP contribution in [-0.4, -0.2) is 38.6 Å². The molecule has 0 radical (unpaired) electrons. The molecule has 0 rings (SSSR count). The lowest BCUT2D eigenvalue weighted by atomic mass is 10.2. The fourth-order valence-corrected chi connectivity index (χ4v) is 0.925. The van der Waals surface area contributed by atoms with E-state index in [1.54, 1.807) is 14.2 Å². The van der Waals surface area contributed by atoms with Crippen LogP contribution in [0, 0.1) is 0 Å². The van der Waals surface area contributed by atoms with Gasteiger partial charge in [-0.3, -0.25) is 4.90 Å². The molecule has 0 amide bonds. The Hall–Kier alpha value is -0.120. The van der Waals surface area contributed by atoms with E-state index in [2.05, 4.69) is 18.7 Å². The maximum Gasteiger partial charge on any atom is 0.218 e. The molecule has 0 aromatic heterocycles. The van der Waals surface area contributed by atoms with Crippen LogP contribution < -0.4 is 0 Å². The van der Waals surface area contributed by atoms with E-state index in [0.29, 0.717) is 6.04 Å². The van der Waals surface area contributed by atoms with Crippen molar-refractivity contribution in [2.45, 2.75) is 32.7 Å². The van der Waals surface area contributed by atoms with E-state index < -0.39 is 0 Å². The second-order valence-corrected chi connectivity index (χ2v) is 2.70. The van der Waals surface area contributed by atoms with Crippen LogP contribution in [0.15, 0.2) is 0 Å². The molecule has 0 spiro atoms. The van der Waals surface area contributed by atoms with Crippen LogP contribution in [0.25, 0.3) is 0 Å². The van der Waals surface area contributed by atoms with E-state index in [4.69, 9.17) is 9.47 Å². The Balaban J connectivity index is 3.86. The van der Waals surface area contributed by atoms with Crippen molar-refractivity contribution in [1.29, 1.82) is 0 Å². The highest BCUT2D eigenvalue weighted by Crippen LogP contribution is 2.06. The predicted octanol–water partition coefficient (Wildman–Crippen LogP) is 1.29. The summed E-state index contributed by atoms with van der Waals surface area (Å²) in [6, 6.07) is 0.486. The van der Waals surface area contributed by atoms with Crippen LogP contribution in [-0.2, 0) is 9.47 Å². The van der Waals surface area contributed by atoms with Crippen molar-refractivity contribution < 1.29 is 9.47 Å². The molecule has 0 bridgehead atoms. The van der Waals surface area contributed by atoms with Gasteiger partial charge in [-0.2, -0.15) is 0 Å². The molecule has 68 valence electrons. The molecule has 0 fully saturated rings. The Kier molecular flexibility index (Phi) is 5.46. The van der Waals surface area contributed by atoms with Crippen LogP contribution in [0.2, 0.25) is 0 Å². The minimum atomic E-state index is -0.218. The van der Waals surface area contributed by atoms with Crippen molar-refractivity contribution >= 4 is 0 Å². The van der Waals surface area contributed by atoms with Crippen LogP contribution in [0.3, 0.4) is 0 Å². The van der Waals surface area contributed by atoms with Crippen molar-refractivity contribution in [2.24, 2.45) is 0 Å². The third-order valence-electron chi connectivity index (χ3n) is 2.02. The average molecular weight is 161 g/mol. The standard InChI is InChI=1S/C8H19NO2/c1-6-7(2)9(3)8(10-4)11-5/h7-8H,6H2,1-5H3/t7-/m1/s1. The number of ether oxygens (including phenoxy) is 2. The van der Waals surface area contributed by atoms with Gasteiger partial charge in [0.1, 0.15) is 0 Å². The largest absolute Gasteiger partial charge is 0.343 e. The average Bonchev–Trinajstić information content (AvgIpc) is 2.05. The molecule has 3 nitrogen and oxygen atoms in total. The van der Waals surface area contributed by atoms with Gasteiger partial charge in [0.05, 0.1) is 0 Å². The molecule has 0 saturated carbocycles. The molecule has 11 heavy (non-hydrogen) atoms. The summed E-state index contributed by atoms with van der Waals surface area (Å²) in [5.74, 6) is 0. The van der Waals surface area contributed by atoms with Gasteiger partial charge in [0.2, 0.25) is 6.41 Å². The number of methoxy groups -OCH3 is 2.